The van der Waals surface area contributed by atoms with E-state index in [-0.39, 0.29) is 0 Å². The Bertz CT molecular complexity index is 439. The van der Waals surface area contributed by atoms with Crippen molar-refractivity contribution < 1.29 is 0 Å². The number of nitrogens with zero attached hydrogens (tertiary/aromatic N) is 3. The molecule has 0 radical (unpaired) electrons. The van der Waals surface area contributed by atoms with Gasteiger partial charge in [0, 0.05) is 30.6 Å². The average Bonchev–Trinajstić information content (AvgIpc) is 3.18. The maximum absolute atomic E-state index is 5.86. The zero-order chi connectivity index (χ0) is 13.9. The number of likely N-dealkylation sites (tertiary alicyclic amines) is 1. The highest BCUT2D eigenvalue weighted by molar-refractivity contribution is 7.15. The van der Waals surface area contributed by atoms with Gasteiger partial charge >= 0.3 is 0 Å². The van der Waals surface area contributed by atoms with Gasteiger partial charge in [-0.3, -0.25) is 4.90 Å². The van der Waals surface area contributed by atoms with E-state index in [0.717, 1.165) is 32.0 Å². The first kappa shape index (κ1) is 14.3. The minimum Gasteiger partial charge on any atom is -0.346 e. The molecule has 0 spiro atoms. The van der Waals surface area contributed by atoms with Crippen LogP contribution >= 0.6 is 11.3 Å². The van der Waals surface area contributed by atoms with E-state index >= 15 is 0 Å². The minimum atomic E-state index is 0.635. The van der Waals surface area contributed by atoms with Gasteiger partial charge in [0.25, 0.3) is 0 Å². The number of thiazole rings is 1. The summed E-state index contributed by atoms with van der Waals surface area (Å²) in [7, 11) is 0. The van der Waals surface area contributed by atoms with Crippen molar-refractivity contribution >= 4 is 16.5 Å². The number of nitrogens with two attached hydrogens (primary N) is 1. The molecule has 3 rings (SSSR count). The Balaban J connectivity index is 1.67. The summed E-state index contributed by atoms with van der Waals surface area (Å²) in [4.78, 5) is 11.3. The fourth-order valence-corrected chi connectivity index (χ4v) is 4.44. The molecule has 2 saturated heterocycles. The first-order valence-electron chi connectivity index (χ1n) is 7.99. The largest absolute Gasteiger partial charge is 0.346 e. The highest BCUT2D eigenvalue weighted by atomic mass is 32.1. The summed E-state index contributed by atoms with van der Waals surface area (Å²) < 4.78 is 0. The van der Waals surface area contributed by atoms with Crippen molar-refractivity contribution in [2.45, 2.75) is 51.6 Å². The molecule has 1 aromatic heterocycles. The van der Waals surface area contributed by atoms with Gasteiger partial charge in [0.15, 0.2) is 5.13 Å². The van der Waals surface area contributed by atoms with Crippen molar-refractivity contribution in [2.24, 2.45) is 5.73 Å². The fourth-order valence-electron chi connectivity index (χ4n) is 3.42. The second-order valence-electron chi connectivity index (χ2n) is 5.95. The number of anilines is 1. The van der Waals surface area contributed by atoms with Crippen LogP contribution in [0.1, 0.15) is 43.2 Å². The number of rotatable bonds is 5. The molecule has 4 nitrogen and oxygen atoms in total. The molecule has 1 atom stereocenters. The fraction of sp³-hybridized carbons (Fsp3) is 0.800. The van der Waals surface area contributed by atoms with Crippen LogP contribution in [0.3, 0.4) is 0 Å². The van der Waals surface area contributed by atoms with Gasteiger partial charge in [-0.1, -0.05) is 13.3 Å². The molecule has 1 unspecified atom stereocenters. The van der Waals surface area contributed by atoms with Gasteiger partial charge in [0.05, 0.1) is 5.69 Å². The SMILES string of the molecule is CCCc1nc(N2CCC(N3CCCC3)C2)sc1CN. The van der Waals surface area contributed by atoms with E-state index in [1.54, 1.807) is 0 Å². The molecular formula is C15H26N4S. The lowest BCUT2D eigenvalue weighted by Gasteiger charge is -2.23. The maximum atomic E-state index is 5.86. The molecule has 0 amide bonds. The van der Waals surface area contributed by atoms with E-state index in [0.29, 0.717) is 6.54 Å². The van der Waals surface area contributed by atoms with Crippen molar-refractivity contribution in [3.63, 3.8) is 0 Å². The van der Waals surface area contributed by atoms with Crippen LogP contribution in [-0.4, -0.2) is 42.1 Å². The Morgan fingerprint density at radius 2 is 2.10 bits per heavy atom. The molecule has 112 valence electrons. The normalized spacial score (nSPS) is 23.9. The molecule has 3 heterocycles. The van der Waals surface area contributed by atoms with E-state index in [9.17, 15) is 0 Å². The predicted octanol–water partition coefficient (Wildman–Crippen LogP) is 2.23. The van der Waals surface area contributed by atoms with Crippen molar-refractivity contribution in [3.05, 3.63) is 10.6 Å². The zero-order valence-electron chi connectivity index (χ0n) is 12.5. The highest BCUT2D eigenvalue weighted by Crippen LogP contribution is 2.31. The summed E-state index contributed by atoms with van der Waals surface area (Å²) in [6, 6.07) is 0.748. The number of hydrogen-bond acceptors (Lipinski definition) is 5. The average molecular weight is 294 g/mol. The molecule has 5 heteroatoms. The van der Waals surface area contributed by atoms with Crippen LogP contribution in [0.5, 0.6) is 0 Å². The second-order valence-corrected chi connectivity index (χ2v) is 7.01. The van der Waals surface area contributed by atoms with Gasteiger partial charge in [-0.05, 0) is 38.8 Å². The molecule has 0 aliphatic carbocycles. The Hall–Kier alpha value is -0.650. The predicted molar refractivity (Wildman–Crippen MR) is 85.4 cm³/mol. The van der Waals surface area contributed by atoms with Crippen LogP contribution in [-0.2, 0) is 13.0 Å². The molecule has 1 aromatic rings. The van der Waals surface area contributed by atoms with Crippen LogP contribution in [0.15, 0.2) is 0 Å². The second kappa shape index (κ2) is 6.41. The monoisotopic (exact) mass is 294 g/mol. The topological polar surface area (TPSA) is 45.4 Å². The third kappa shape index (κ3) is 2.85. The van der Waals surface area contributed by atoms with E-state index in [2.05, 4.69) is 16.7 Å². The Morgan fingerprint density at radius 3 is 2.80 bits per heavy atom. The quantitative estimate of drug-likeness (QED) is 0.904. The van der Waals surface area contributed by atoms with E-state index in [1.165, 1.54) is 48.1 Å². The van der Waals surface area contributed by atoms with Crippen LogP contribution in [0.2, 0.25) is 0 Å². The Kier molecular flexibility index (Phi) is 4.58. The van der Waals surface area contributed by atoms with Gasteiger partial charge in [-0.15, -0.1) is 11.3 Å². The Labute approximate surface area is 126 Å². The summed E-state index contributed by atoms with van der Waals surface area (Å²) >= 11 is 1.81. The van der Waals surface area contributed by atoms with Crippen LogP contribution in [0.4, 0.5) is 5.13 Å². The summed E-state index contributed by atoms with van der Waals surface area (Å²) in [6.45, 7) is 7.75. The molecule has 2 N–H and O–H groups in total. The van der Waals surface area contributed by atoms with Crippen molar-refractivity contribution in [1.29, 1.82) is 0 Å². The lowest BCUT2D eigenvalue weighted by Crippen LogP contribution is -2.35. The summed E-state index contributed by atoms with van der Waals surface area (Å²) in [5, 5.41) is 1.20. The zero-order valence-corrected chi connectivity index (χ0v) is 13.3. The van der Waals surface area contributed by atoms with Gasteiger partial charge in [0.2, 0.25) is 0 Å². The summed E-state index contributed by atoms with van der Waals surface area (Å²) in [6.07, 6.45) is 6.26. The van der Waals surface area contributed by atoms with Gasteiger partial charge in [-0.25, -0.2) is 4.98 Å². The smallest absolute Gasteiger partial charge is 0.185 e. The number of aryl methyl sites for hydroxylation is 1. The molecule has 0 saturated carbocycles. The van der Waals surface area contributed by atoms with Crippen LogP contribution < -0.4 is 10.6 Å². The van der Waals surface area contributed by atoms with Crippen molar-refractivity contribution in [3.8, 4) is 0 Å². The molecule has 20 heavy (non-hydrogen) atoms. The standard InChI is InChI=1S/C15H26N4S/c1-2-5-13-14(10-16)20-15(17-13)19-9-6-12(11-19)18-7-3-4-8-18/h12H,2-11,16H2,1H3. The lowest BCUT2D eigenvalue weighted by molar-refractivity contribution is 0.260. The first-order valence-corrected chi connectivity index (χ1v) is 8.81. The van der Waals surface area contributed by atoms with Gasteiger partial charge in [-0.2, -0.15) is 0 Å². The molecule has 2 fully saturated rings. The first-order chi connectivity index (χ1) is 9.81. The summed E-state index contributed by atoms with van der Waals surface area (Å²) in [5.74, 6) is 0. The minimum absolute atomic E-state index is 0.635. The highest BCUT2D eigenvalue weighted by Gasteiger charge is 2.30. The van der Waals surface area contributed by atoms with Crippen LogP contribution in [0.25, 0.3) is 0 Å². The number of hydrogen-bond donors (Lipinski definition) is 1. The maximum Gasteiger partial charge on any atom is 0.185 e. The lowest BCUT2D eigenvalue weighted by atomic mass is 10.2. The molecule has 0 aromatic carbocycles. The molecule has 0 bridgehead atoms. The van der Waals surface area contributed by atoms with Gasteiger partial charge < -0.3 is 10.6 Å². The van der Waals surface area contributed by atoms with Crippen molar-refractivity contribution in [2.75, 3.05) is 31.1 Å². The summed E-state index contributed by atoms with van der Waals surface area (Å²) in [5.41, 5.74) is 7.10. The van der Waals surface area contributed by atoms with Gasteiger partial charge in [0.1, 0.15) is 0 Å². The third-order valence-electron chi connectivity index (χ3n) is 4.53. The molecule has 2 aliphatic rings. The van der Waals surface area contributed by atoms with E-state index in [4.69, 9.17) is 10.7 Å². The third-order valence-corrected chi connectivity index (χ3v) is 5.71. The van der Waals surface area contributed by atoms with E-state index in [1.807, 2.05) is 11.3 Å². The molecular weight excluding hydrogens is 268 g/mol. The Morgan fingerprint density at radius 1 is 1.30 bits per heavy atom. The number of aromatic nitrogens is 1. The van der Waals surface area contributed by atoms with Crippen molar-refractivity contribution in [1.82, 2.24) is 9.88 Å². The van der Waals surface area contributed by atoms with Crippen LogP contribution in [0, 0.1) is 0 Å². The van der Waals surface area contributed by atoms with E-state index < -0.39 is 0 Å². The molecule has 2 aliphatic heterocycles.